The number of carbonyl (C=O) groups is 2. The molecule has 1 N–H and O–H groups in total. The van der Waals surface area contributed by atoms with Gasteiger partial charge < -0.3 is 14.5 Å². The van der Waals surface area contributed by atoms with Crippen LogP contribution in [0.2, 0.25) is 0 Å². The lowest BCUT2D eigenvalue weighted by Gasteiger charge is -2.46. The Morgan fingerprint density at radius 2 is 1.92 bits per heavy atom. The molecule has 138 valence electrons. The van der Waals surface area contributed by atoms with Crippen molar-refractivity contribution in [1.29, 1.82) is 0 Å². The molecule has 1 aromatic carbocycles. The lowest BCUT2D eigenvalue weighted by molar-refractivity contribution is -0.940. The van der Waals surface area contributed by atoms with Gasteiger partial charge in [0.25, 0.3) is 5.91 Å². The summed E-state index contributed by atoms with van der Waals surface area (Å²) in [7, 11) is 1.42. The van der Waals surface area contributed by atoms with Gasteiger partial charge in [-0.05, 0) is 44.2 Å². The zero-order valence-electron chi connectivity index (χ0n) is 15.9. The Labute approximate surface area is 150 Å². The second-order valence-corrected chi connectivity index (χ2v) is 7.17. The highest BCUT2D eigenvalue weighted by Crippen LogP contribution is 2.29. The maximum atomic E-state index is 13.2. The Bertz CT molecular complexity index is 605. The van der Waals surface area contributed by atoms with Crippen LogP contribution in [-0.2, 0) is 14.3 Å². The van der Waals surface area contributed by atoms with Crippen LogP contribution in [0.25, 0.3) is 0 Å². The number of likely N-dealkylation sites (tertiary alicyclic amines) is 1. The number of esters is 1. The number of para-hydroxylation sites is 1. The van der Waals surface area contributed by atoms with E-state index < -0.39 is 0 Å². The summed E-state index contributed by atoms with van der Waals surface area (Å²) < 4.78 is 5.44. The molecule has 2 rings (SSSR count). The molecule has 1 amide bonds. The lowest BCUT2D eigenvalue weighted by Crippen LogP contribution is -2.64. The third-order valence-corrected chi connectivity index (χ3v) is 5.36. The van der Waals surface area contributed by atoms with E-state index in [-0.39, 0.29) is 24.5 Å². The van der Waals surface area contributed by atoms with Crippen LogP contribution in [0.4, 0.5) is 5.69 Å². The standard InChI is InChI=1S/C20H30N2O3/c1-5-12-22(14-18(23)25-4)13-7-6-11-17(22)20(24)21-19-15(2)9-8-10-16(19)3/h8-10,17H,5-7,11-14H2,1-4H3/p+1/t17-,22-/m0/s1. The quantitative estimate of drug-likeness (QED) is 0.635. The van der Waals surface area contributed by atoms with Crippen molar-refractivity contribution in [1.82, 2.24) is 0 Å². The van der Waals surface area contributed by atoms with Gasteiger partial charge in [-0.25, -0.2) is 4.79 Å². The monoisotopic (exact) mass is 347 g/mol. The first-order chi connectivity index (χ1) is 11.9. The number of nitrogens with one attached hydrogen (secondary N) is 1. The Balaban J connectivity index is 2.28. The van der Waals surface area contributed by atoms with Gasteiger partial charge in [0.2, 0.25) is 0 Å². The number of hydrogen-bond acceptors (Lipinski definition) is 3. The van der Waals surface area contributed by atoms with Gasteiger partial charge in [0.05, 0.1) is 20.2 Å². The average molecular weight is 347 g/mol. The van der Waals surface area contributed by atoms with E-state index in [2.05, 4.69) is 12.2 Å². The van der Waals surface area contributed by atoms with E-state index in [1.165, 1.54) is 7.11 Å². The van der Waals surface area contributed by atoms with Crippen molar-refractivity contribution in [3.8, 4) is 0 Å². The lowest BCUT2D eigenvalue weighted by atomic mass is 9.96. The molecule has 0 bridgehead atoms. The van der Waals surface area contributed by atoms with Gasteiger partial charge in [-0.2, -0.15) is 0 Å². The van der Waals surface area contributed by atoms with Crippen LogP contribution in [0.1, 0.15) is 43.7 Å². The molecule has 0 unspecified atom stereocenters. The number of ether oxygens (including phenoxy) is 1. The van der Waals surface area contributed by atoms with Crippen molar-refractivity contribution >= 4 is 17.6 Å². The molecular formula is C20H31N2O3+. The molecule has 1 aromatic rings. The zero-order chi connectivity index (χ0) is 18.4. The maximum absolute atomic E-state index is 13.2. The Morgan fingerprint density at radius 3 is 2.52 bits per heavy atom. The minimum absolute atomic E-state index is 0.0226. The highest BCUT2D eigenvalue weighted by Gasteiger charge is 2.45. The summed E-state index contributed by atoms with van der Waals surface area (Å²) in [6.45, 7) is 8.06. The van der Waals surface area contributed by atoms with E-state index >= 15 is 0 Å². The topological polar surface area (TPSA) is 55.4 Å². The van der Waals surface area contributed by atoms with Gasteiger partial charge in [0, 0.05) is 12.1 Å². The van der Waals surface area contributed by atoms with Gasteiger partial charge in [0.1, 0.15) is 0 Å². The number of hydrogen-bond donors (Lipinski definition) is 1. The van der Waals surface area contributed by atoms with E-state index in [0.29, 0.717) is 4.48 Å². The number of piperidine rings is 1. The predicted octanol–water partition coefficient (Wildman–Crippen LogP) is 3.19. The fourth-order valence-electron chi connectivity index (χ4n) is 4.09. The summed E-state index contributed by atoms with van der Waals surface area (Å²) in [6, 6.07) is 5.81. The van der Waals surface area contributed by atoms with Crippen LogP contribution in [0.15, 0.2) is 18.2 Å². The molecule has 2 atom stereocenters. The second-order valence-electron chi connectivity index (χ2n) is 7.17. The van der Waals surface area contributed by atoms with Crippen LogP contribution in [0.5, 0.6) is 0 Å². The molecule has 1 saturated heterocycles. The fraction of sp³-hybridized carbons (Fsp3) is 0.600. The summed E-state index contributed by atoms with van der Waals surface area (Å²) in [5.74, 6) is -0.213. The third kappa shape index (κ3) is 4.40. The number of quaternary nitrogens is 1. The van der Waals surface area contributed by atoms with Gasteiger partial charge in [0.15, 0.2) is 12.6 Å². The molecule has 5 nitrogen and oxygen atoms in total. The minimum Gasteiger partial charge on any atom is -0.465 e. The van der Waals surface area contributed by atoms with Crippen molar-refractivity contribution in [2.75, 3.05) is 32.1 Å². The number of amides is 1. The van der Waals surface area contributed by atoms with Crippen molar-refractivity contribution in [3.63, 3.8) is 0 Å². The summed E-state index contributed by atoms with van der Waals surface area (Å²) in [4.78, 5) is 25.2. The molecule has 5 heteroatoms. The molecule has 1 aliphatic heterocycles. The summed E-state index contributed by atoms with van der Waals surface area (Å²) in [6.07, 6.45) is 3.82. The zero-order valence-corrected chi connectivity index (χ0v) is 15.9. The third-order valence-electron chi connectivity index (χ3n) is 5.36. The van der Waals surface area contributed by atoms with E-state index in [0.717, 1.165) is 55.6 Å². The molecule has 0 aliphatic carbocycles. The first-order valence-corrected chi connectivity index (χ1v) is 9.23. The van der Waals surface area contributed by atoms with Crippen molar-refractivity contribution in [2.45, 2.75) is 52.5 Å². The van der Waals surface area contributed by atoms with Crippen LogP contribution in [0.3, 0.4) is 0 Å². The van der Waals surface area contributed by atoms with E-state index in [4.69, 9.17) is 4.74 Å². The molecule has 1 heterocycles. The van der Waals surface area contributed by atoms with Gasteiger partial charge in [-0.15, -0.1) is 0 Å². The SMILES string of the molecule is CCC[N@@+]1(CC(=O)OC)CCCC[C@H]1C(=O)Nc1c(C)cccc1C. The Kier molecular flexibility index (Phi) is 6.59. The Morgan fingerprint density at radius 1 is 1.24 bits per heavy atom. The Hall–Kier alpha value is -1.88. The predicted molar refractivity (Wildman–Crippen MR) is 99.4 cm³/mol. The largest absolute Gasteiger partial charge is 0.465 e. The number of rotatable bonds is 6. The van der Waals surface area contributed by atoms with Crippen LogP contribution in [0, 0.1) is 13.8 Å². The molecule has 25 heavy (non-hydrogen) atoms. The molecule has 0 aromatic heterocycles. The molecule has 1 fully saturated rings. The van der Waals surface area contributed by atoms with Crippen molar-refractivity contribution in [2.24, 2.45) is 0 Å². The van der Waals surface area contributed by atoms with Crippen molar-refractivity contribution in [3.05, 3.63) is 29.3 Å². The minimum atomic E-state index is -0.236. The molecule has 1 aliphatic rings. The van der Waals surface area contributed by atoms with Crippen molar-refractivity contribution < 1.29 is 18.8 Å². The highest BCUT2D eigenvalue weighted by atomic mass is 16.5. The smallest absolute Gasteiger partial charge is 0.361 e. The summed E-state index contributed by atoms with van der Waals surface area (Å²) in [5.41, 5.74) is 3.02. The summed E-state index contributed by atoms with van der Waals surface area (Å²) in [5, 5.41) is 3.15. The number of benzene rings is 1. The van der Waals surface area contributed by atoms with Crippen LogP contribution >= 0.6 is 0 Å². The van der Waals surface area contributed by atoms with Crippen LogP contribution < -0.4 is 5.32 Å². The normalized spacial score (nSPS) is 23.1. The van der Waals surface area contributed by atoms with Gasteiger partial charge >= 0.3 is 5.97 Å². The fourth-order valence-corrected chi connectivity index (χ4v) is 4.09. The van der Waals surface area contributed by atoms with Crippen LogP contribution in [-0.4, -0.2) is 49.1 Å². The summed E-state index contributed by atoms with van der Waals surface area (Å²) >= 11 is 0. The van der Waals surface area contributed by atoms with Gasteiger partial charge in [-0.3, -0.25) is 4.79 Å². The number of carbonyl (C=O) groups excluding carboxylic acids is 2. The molecule has 0 saturated carbocycles. The second kappa shape index (κ2) is 8.48. The van der Waals surface area contributed by atoms with E-state index in [1.54, 1.807) is 0 Å². The molecular weight excluding hydrogens is 316 g/mol. The number of methoxy groups -OCH3 is 1. The highest BCUT2D eigenvalue weighted by molar-refractivity contribution is 5.95. The number of anilines is 1. The average Bonchev–Trinajstić information content (AvgIpc) is 2.58. The van der Waals surface area contributed by atoms with E-state index in [9.17, 15) is 9.59 Å². The maximum Gasteiger partial charge on any atom is 0.361 e. The number of nitrogens with zero attached hydrogens (tertiary/aromatic N) is 1. The first-order valence-electron chi connectivity index (χ1n) is 9.23. The number of aryl methyl sites for hydroxylation is 2. The molecule has 0 spiro atoms. The molecule has 0 radical (unpaired) electrons. The van der Waals surface area contributed by atoms with Gasteiger partial charge in [-0.1, -0.05) is 25.1 Å². The first kappa shape index (κ1) is 19.4. The van der Waals surface area contributed by atoms with E-state index in [1.807, 2.05) is 32.0 Å².